The molecule has 0 radical (unpaired) electrons. The van der Waals surface area contributed by atoms with Crippen LogP contribution in [0.15, 0.2) is 0 Å². The molecule has 0 aliphatic rings. The van der Waals surface area contributed by atoms with Gasteiger partial charge >= 0.3 is 5.97 Å². The molecule has 0 saturated carbocycles. The molecule has 0 aliphatic heterocycles. The molecular formula is C18H36O5. The number of esters is 1. The Morgan fingerprint density at radius 1 is 0.826 bits per heavy atom. The standard InChI is InChI=1S/C18H36O5/c1-6-7-8-9-10-11-18(19)23-17(4)14-22-16(3)13-21-15(2)12-20-5/h15-17H,6-14H2,1-5H3. The Balaban J connectivity index is 3.64. The monoisotopic (exact) mass is 332 g/mol. The summed E-state index contributed by atoms with van der Waals surface area (Å²) in [5.74, 6) is -0.129. The minimum absolute atomic E-state index is 0.0375. The largest absolute Gasteiger partial charge is 0.460 e. The zero-order valence-electron chi connectivity index (χ0n) is 15.6. The van der Waals surface area contributed by atoms with Gasteiger partial charge in [0.25, 0.3) is 0 Å². The predicted molar refractivity (Wildman–Crippen MR) is 91.6 cm³/mol. The molecule has 3 unspecified atom stereocenters. The Labute approximate surface area is 142 Å². The van der Waals surface area contributed by atoms with Gasteiger partial charge in [0.15, 0.2) is 0 Å². The van der Waals surface area contributed by atoms with E-state index in [2.05, 4.69) is 6.92 Å². The van der Waals surface area contributed by atoms with E-state index >= 15 is 0 Å². The van der Waals surface area contributed by atoms with Gasteiger partial charge in [0.05, 0.1) is 32.0 Å². The van der Waals surface area contributed by atoms with E-state index in [9.17, 15) is 4.79 Å². The maximum atomic E-state index is 11.7. The summed E-state index contributed by atoms with van der Waals surface area (Å²) < 4.78 is 21.6. The number of rotatable bonds is 15. The van der Waals surface area contributed by atoms with Crippen LogP contribution < -0.4 is 0 Å². The first-order valence-corrected chi connectivity index (χ1v) is 8.91. The fourth-order valence-electron chi connectivity index (χ4n) is 2.12. The number of unbranched alkanes of at least 4 members (excludes halogenated alkanes) is 4. The van der Waals surface area contributed by atoms with Gasteiger partial charge in [-0.3, -0.25) is 4.79 Å². The Kier molecular flexibility index (Phi) is 14.5. The summed E-state index contributed by atoms with van der Waals surface area (Å²) in [6.45, 7) is 9.41. The Morgan fingerprint density at radius 3 is 2.00 bits per heavy atom. The van der Waals surface area contributed by atoms with Gasteiger partial charge in [-0.2, -0.15) is 0 Å². The van der Waals surface area contributed by atoms with Crippen LogP contribution in [0.25, 0.3) is 0 Å². The van der Waals surface area contributed by atoms with Crippen LogP contribution in [0.2, 0.25) is 0 Å². The summed E-state index contributed by atoms with van der Waals surface area (Å²) in [5.41, 5.74) is 0. The molecule has 5 nitrogen and oxygen atoms in total. The lowest BCUT2D eigenvalue weighted by Gasteiger charge is -2.19. The van der Waals surface area contributed by atoms with Gasteiger partial charge in [0.2, 0.25) is 0 Å². The summed E-state index contributed by atoms with van der Waals surface area (Å²) in [6.07, 6.45) is 5.95. The average molecular weight is 332 g/mol. The molecule has 0 bridgehead atoms. The summed E-state index contributed by atoms with van der Waals surface area (Å²) in [5, 5.41) is 0. The Hall–Kier alpha value is -0.650. The van der Waals surface area contributed by atoms with E-state index in [1.165, 1.54) is 19.3 Å². The third kappa shape index (κ3) is 14.7. The van der Waals surface area contributed by atoms with E-state index in [1.807, 2.05) is 20.8 Å². The zero-order valence-corrected chi connectivity index (χ0v) is 15.6. The van der Waals surface area contributed by atoms with Crippen molar-refractivity contribution in [3.05, 3.63) is 0 Å². The first-order valence-electron chi connectivity index (χ1n) is 8.91. The normalized spacial score (nSPS) is 15.2. The highest BCUT2D eigenvalue weighted by atomic mass is 16.6. The lowest BCUT2D eigenvalue weighted by Crippen LogP contribution is -2.27. The molecule has 23 heavy (non-hydrogen) atoms. The van der Waals surface area contributed by atoms with E-state index < -0.39 is 0 Å². The highest BCUT2D eigenvalue weighted by Gasteiger charge is 2.12. The average Bonchev–Trinajstić information content (AvgIpc) is 2.51. The minimum atomic E-state index is -0.225. The van der Waals surface area contributed by atoms with Crippen LogP contribution in [-0.2, 0) is 23.7 Å². The predicted octanol–water partition coefficient (Wildman–Crippen LogP) is 3.74. The molecule has 0 aliphatic carbocycles. The maximum absolute atomic E-state index is 11.7. The first kappa shape index (κ1) is 22.4. The smallest absolute Gasteiger partial charge is 0.306 e. The summed E-state index contributed by atoms with van der Waals surface area (Å²) in [4.78, 5) is 11.7. The Bertz CT molecular complexity index is 283. The van der Waals surface area contributed by atoms with Crippen LogP contribution in [0.1, 0.15) is 66.2 Å². The van der Waals surface area contributed by atoms with Gasteiger partial charge < -0.3 is 18.9 Å². The number of hydrogen-bond donors (Lipinski definition) is 0. The molecule has 0 heterocycles. The molecule has 0 rings (SSSR count). The maximum Gasteiger partial charge on any atom is 0.306 e. The summed E-state index contributed by atoms with van der Waals surface area (Å²) >= 11 is 0. The molecule has 138 valence electrons. The molecule has 0 amide bonds. The highest BCUT2D eigenvalue weighted by Crippen LogP contribution is 2.07. The SMILES string of the molecule is CCCCCCCC(=O)OC(C)COC(C)COC(C)COC. The second kappa shape index (κ2) is 14.9. The van der Waals surface area contributed by atoms with Crippen molar-refractivity contribution in [3.63, 3.8) is 0 Å². The third-order valence-electron chi connectivity index (χ3n) is 3.45. The van der Waals surface area contributed by atoms with Crippen molar-refractivity contribution < 1.29 is 23.7 Å². The van der Waals surface area contributed by atoms with Crippen LogP contribution in [0.4, 0.5) is 0 Å². The van der Waals surface area contributed by atoms with Crippen molar-refractivity contribution in [3.8, 4) is 0 Å². The quantitative estimate of drug-likeness (QED) is 0.338. The van der Waals surface area contributed by atoms with Gasteiger partial charge in [-0.1, -0.05) is 32.6 Å². The molecule has 0 aromatic rings. The van der Waals surface area contributed by atoms with Gasteiger partial charge in [-0.25, -0.2) is 0 Å². The lowest BCUT2D eigenvalue weighted by molar-refractivity contribution is -0.153. The van der Waals surface area contributed by atoms with Gasteiger partial charge in [-0.15, -0.1) is 0 Å². The molecular weight excluding hydrogens is 296 g/mol. The first-order chi connectivity index (χ1) is 11.0. The van der Waals surface area contributed by atoms with Crippen molar-refractivity contribution in [2.75, 3.05) is 26.9 Å². The van der Waals surface area contributed by atoms with Crippen LogP contribution in [0.3, 0.4) is 0 Å². The lowest BCUT2D eigenvalue weighted by atomic mass is 10.1. The number of hydrogen-bond acceptors (Lipinski definition) is 5. The molecule has 0 saturated heterocycles. The molecule has 3 atom stereocenters. The van der Waals surface area contributed by atoms with Crippen LogP contribution in [0.5, 0.6) is 0 Å². The molecule has 0 N–H and O–H groups in total. The van der Waals surface area contributed by atoms with E-state index in [0.29, 0.717) is 26.2 Å². The highest BCUT2D eigenvalue weighted by molar-refractivity contribution is 5.69. The molecule has 0 spiro atoms. The third-order valence-corrected chi connectivity index (χ3v) is 3.45. The summed E-state index contributed by atoms with van der Waals surface area (Å²) in [6, 6.07) is 0. The van der Waals surface area contributed by atoms with Crippen molar-refractivity contribution in [2.24, 2.45) is 0 Å². The zero-order chi connectivity index (χ0) is 17.5. The van der Waals surface area contributed by atoms with Crippen LogP contribution in [-0.4, -0.2) is 51.2 Å². The van der Waals surface area contributed by atoms with Crippen molar-refractivity contribution in [1.82, 2.24) is 0 Å². The van der Waals surface area contributed by atoms with Gasteiger partial charge in [0, 0.05) is 13.5 Å². The van der Waals surface area contributed by atoms with E-state index in [0.717, 1.165) is 12.8 Å². The fourth-order valence-corrected chi connectivity index (χ4v) is 2.12. The summed E-state index contributed by atoms with van der Waals surface area (Å²) in [7, 11) is 1.65. The fraction of sp³-hybridized carbons (Fsp3) is 0.944. The van der Waals surface area contributed by atoms with Crippen LogP contribution >= 0.6 is 0 Å². The van der Waals surface area contributed by atoms with E-state index in [4.69, 9.17) is 18.9 Å². The van der Waals surface area contributed by atoms with Crippen molar-refractivity contribution in [2.45, 2.75) is 84.5 Å². The second-order valence-electron chi connectivity index (χ2n) is 6.21. The Morgan fingerprint density at radius 2 is 1.39 bits per heavy atom. The molecule has 0 aromatic carbocycles. The minimum Gasteiger partial charge on any atom is -0.460 e. The van der Waals surface area contributed by atoms with Crippen molar-refractivity contribution in [1.29, 1.82) is 0 Å². The van der Waals surface area contributed by atoms with E-state index in [1.54, 1.807) is 7.11 Å². The van der Waals surface area contributed by atoms with Gasteiger partial charge in [0.1, 0.15) is 6.10 Å². The van der Waals surface area contributed by atoms with Crippen molar-refractivity contribution >= 4 is 5.97 Å². The van der Waals surface area contributed by atoms with Gasteiger partial charge in [-0.05, 0) is 27.2 Å². The second-order valence-corrected chi connectivity index (χ2v) is 6.21. The number of methoxy groups -OCH3 is 1. The number of ether oxygens (including phenoxy) is 4. The number of carbonyl (C=O) groups excluding carboxylic acids is 1. The molecule has 5 heteroatoms. The van der Waals surface area contributed by atoms with E-state index in [-0.39, 0.29) is 24.3 Å². The van der Waals surface area contributed by atoms with Crippen LogP contribution in [0, 0.1) is 0 Å². The molecule has 0 aromatic heterocycles. The number of carbonyl (C=O) groups is 1. The molecule has 0 fully saturated rings. The topological polar surface area (TPSA) is 54.0 Å².